The van der Waals surface area contributed by atoms with Crippen molar-refractivity contribution in [1.82, 2.24) is 0 Å². The van der Waals surface area contributed by atoms with Crippen LogP contribution in [-0.4, -0.2) is 27.3 Å². The second-order valence-corrected chi connectivity index (χ2v) is 5.03. The number of hydrogen-bond acceptors (Lipinski definition) is 5. The Morgan fingerprint density at radius 1 is 0.957 bits per heavy atom. The van der Waals surface area contributed by atoms with Gasteiger partial charge in [0.15, 0.2) is 0 Å². The lowest BCUT2D eigenvalue weighted by Gasteiger charge is -2.12. The molecule has 0 unspecified atom stereocenters. The zero-order chi connectivity index (χ0) is 16.8. The highest BCUT2D eigenvalue weighted by Crippen LogP contribution is 2.27. The van der Waals surface area contributed by atoms with Crippen LogP contribution in [0, 0.1) is 0 Å². The maximum atomic E-state index is 12.2. The molecule has 0 amide bonds. The maximum Gasteiger partial charge on any atom is 0.342 e. The van der Waals surface area contributed by atoms with Crippen molar-refractivity contribution in [2.24, 2.45) is 0 Å². The van der Waals surface area contributed by atoms with E-state index in [9.17, 15) is 4.79 Å². The molecular weight excluding hydrogens is 320 g/mol. The minimum absolute atomic E-state index is 0.0466. The van der Waals surface area contributed by atoms with E-state index >= 15 is 0 Å². The minimum atomic E-state index is -0.511. The molecule has 0 radical (unpaired) electrons. The van der Waals surface area contributed by atoms with Gasteiger partial charge in [0.05, 0.1) is 21.3 Å². The van der Waals surface area contributed by atoms with Crippen molar-refractivity contribution >= 4 is 17.6 Å². The molecule has 0 fully saturated rings. The second kappa shape index (κ2) is 7.74. The number of hydrogen-bond donors (Lipinski definition) is 0. The van der Waals surface area contributed by atoms with Crippen molar-refractivity contribution in [3.63, 3.8) is 0 Å². The van der Waals surface area contributed by atoms with E-state index in [4.69, 9.17) is 30.5 Å². The first-order chi connectivity index (χ1) is 11.1. The first-order valence-electron chi connectivity index (χ1n) is 6.80. The minimum Gasteiger partial charge on any atom is -0.497 e. The Hall–Kier alpha value is -2.40. The number of esters is 1. The van der Waals surface area contributed by atoms with Crippen LogP contribution in [0.25, 0.3) is 0 Å². The third kappa shape index (κ3) is 4.07. The number of carbonyl (C=O) groups is 1. The number of benzene rings is 2. The van der Waals surface area contributed by atoms with Crippen molar-refractivity contribution in [1.29, 1.82) is 0 Å². The summed E-state index contributed by atoms with van der Waals surface area (Å²) >= 11 is 5.88. The van der Waals surface area contributed by atoms with Gasteiger partial charge in [0.1, 0.15) is 29.4 Å². The van der Waals surface area contributed by atoms with Crippen LogP contribution < -0.4 is 14.2 Å². The standard InChI is InChI=1S/C17H17ClO5/c1-20-13-5-7-15(21-2)11(8-13)10-23-17(19)14-6-4-12(18)9-16(14)22-3/h4-9H,10H2,1-3H3. The summed E-state index contributed by atoms with van der Waals surface area (Å²) in [6.07, 6.45) is 0. The van der Waals surface area contributed by atoms with Gasteiger partial charge < -0.3 is 18.9 Å². The van der Waals surface area contributed by atoms with Gasteiger partial charge in [-0.15, -0.1) is 0 Å². The van der Waals surface area contributed by atoms with Crippen molar-refractivity contribution in [2.75, 3.05) is 21.3 Å². The van der Waals surface area contributed by atoms with Crippen LogP contribution in [0.15, 0.2) is 36.4 Å². The Kier molecular flexibility index (Phi) is 5.71. The molecule has 0 aliphatic heterocycles. The molecule has 0 bridgehead atoms. The molecule has 2 rings (SSSR count). The lowest BCUT2D eigenvalue weighted by molar-refractivity contribution is 0.0466. The molecule has 0 aromatic heterocycles. The number of rotatable bonds is 6. The lowest BCUT2D eigenvalue weighted by atomic mass is 10.2. The van der Waals surface area contributed by atoms with Gasteiger partial charge in [-0.25, -0.2) is 4.79 Å². The predicted molar refractivity (Wildman–Crippen MR) is 86.7 cm³/mol. The van der Waals surface area contributed by atoms with E-state index in [1.807, 2.05) is 0 Å². The fraction of sp³-hybridized carbons (Fsp3) is 0.235. The van der Waals surface area contributed by atoms with E-state index in [0.29, 0.717) is 33.4 Å². The molecule has 2 aromatic carbocycles. The summed E-state index contributed by atoms with van der Waals surface area (Å²) in [7, 11) is 4.58. The first-order valence-corrected chi connectivity index (χ1v) is 7.18. The fourth-order valence-electron chi connectivity index (χ4n) is 2.05. The highest BCUT2D eigenvalue weighted by Gasteiger charge is 2.15. The monoisotopic (exact) mass is 336 g/mol. The smallest absolute Gasteiger partial charge is 0.342 e. The zero-order valence-electron chi connectivity index (χ0n) is 13.1. The average Bonchev–Trinajstić information content (AvgIpc) is 2.59. The molecule has 122 valence electrons. The van der Waals surface area contributed by atoms with Crippen LogP contribution in [0.4, 0.5) is 0 Å². The molecule has 0 aliphatic carbocycles. The van der Waals surface area contributed by atoms with E-state index in [1.54, 1.807) is 50.6 Å². The second-order valence-electron chi connectivity index (χ2n) is 4.60. The molecule has 0 aliphatic rings. The summed E-state index contributed by atoms with van der Waals surface area (Å²) in [6.45, 7) is 0.0466. The quantitative estimate of drug-likeness (QED) is 0.752. The van der Waals surface area contributed by atoms with E-state index in [1.165, 1.54) is 7.11 Å². The molecule has 6 heteroatoms. The van der Waals surface area contributed by atoms with Gasteiger partial charge in [0, 0.05) is 10.6 Å². The summed E-state index contributed by atoms with van der Waals surface area (Å²) in [5.41, 5.74) is 1.01. The topological polar surface area (TPSA) is 54.0 Å². The summed E-state index contributed by atoms with van der Waals surface area (Å²) < 4.78 is 20.9. The average molecular weight is 337 g/mol. The van der Waals surface area contributed by atoms with Gasteiger partial charge in [-0.1, -0.05) is 11.6 Å². The molecular formula is C17H17ClO5. The third-order valence-corrected chi connectivity index (χ3v) is 3.46. The van der Waals surface area contributed by atoms with Crippen LogP contribution in [0.3, 0.4) is 0 Å². The summed E-state index contributed by atoms with van der Waals surface area (Å²) in [5.74, 6) is 1.12. The van der Waals surface area contributed by atoms with Gasteiger partial charge in [0.2, 0.25) is 0 Å². The SMILES string of the molecule is COc1ccc(OC)c(COC(=O)c2ccc(Cl)cc2OC)c1. The number of methoxy groups -OCH3 is 3. The Morgan fingerprint density at radius 2 is 1.70 bits per heavy atom. The molecule has 0 atom stereocenters. The molecule has 0 heterocycles. The largest absolute Gasteiger partial charge is 0.497 e. The summed E-state index contributed by atoms with van der Waals surface area (Å²) in [4.78, 5) is 12.2. The van der Waals surface area contributed by atoms with Gasteiger partial charge >= 0.3 is 5.97 Å². The van der Waals surface area contributed by atoms with Crippen LogP contribution in [0.5, 0.6) is 17.2 Å². The van der Waals surface area contributed by atoms with Crippen LogP contribution in [0.1, 0.15) is 15.9 Å². The Morgan fingerprint density at radius 3 is 2.35 bits per heavy atom. The van der Waals surface area contributed by atoms with E-state index < -0.39 is 5.97 Å². The van der Waals surface area contributed by atoms with E-state index in [0.717, 1.165) is 0 Å². The summed E-state index contributed by atoms with van der Waals surface area (Å²) in [6, 6.07) is 10.0. The molecule has 2 aromatic rings. The Labute approximate surface area is 139 Å². The molecule has 0 spiro atoms. The number of ether oxygens (including phenoxy) is 4. The van der Waals surface area contributed by atoms with Crippen molar-refractivity contribution in [3.05, 3.63) is 52.5 Å². The van der Waals surface area contributed by atoms with Crippen molar-refractivity contribution in [2.45, 2.75) is 6.61 Å². The Bertz CT molecular complexity index is 699. The molecule has 5 nitrogen and oxygen atoms in total. The number of halogens is 1. The molecule has 0 saturated heterocycles. The highest BCUT2D eigenvalue weighted by molar-refractivity contribution is 6.30. The van der Waals surface area contributed by atoms with Crippen molar-refractivity contribution in [3.8, 4) is 17.2 Å². The molecule has 0 saturated carbocycles. The van der Waals surface area contributed by atoms with E-state index in [2.05, 4.69) is 0 Å². The van der Waals surface area contributed by atoms with Gasteiger partial charge in [-0.05, 0) is 36.4 Å². The predicted octanol–water partition coefficient (Wildman–Crippen LogP) is 3.72. The van der Waals surface area contributed by atoms with Gasteiger partial charge in [-0.3, -0.25) is 0 Å². The van der Waals surface area contributed by atoms with Crippen molar-refractivity contribution < 1.29 is 23.7 Å². The van der Waals surface area contributed by atoms with E-state index in [-0.39, 0.29) is 6.61 Å². The van der Waals surface area contributed by atoms with Gasteiger partial charge in [-0.2, -0.15) is 0 Å². The van der Waals surface area contributed by atoms with Crippen LogP contribution in [-0.2, 0) is 11.3 Å². The first kappa shape index (κ1) is 17.0. The highest BCUT2D eigenvalue weighted by atomic mass is 35.5. The normalized spacial score (nSPS) is 10.1. The molecule has 23 heavy (non-hydrogen) atoms. The lowest BCUT2D eigenvalue weighted by Crippen LogP contribution is -2.08. The zero-order valence-corrected chi connectivity index (χ0v) is 13.8. The molecule has 0 N–H and O–H groups in total. The third-order valence-electron chi connectivity index (χ3n) is 3.23. The Balaban J connectivity index is 2.16. The van der Waals surface area contributed by atoms with Gasteiger partial charge in [0.25, 0.3) is 0 Å². The van der Waals surface area contributed by atoms with Crippen LogP contribution in [0.2, 0.25) is 5.02 Å². The van der Waals surface area contributed by atoms with Crippen LogP contribution >= 0.6 is 11.6 Å². The fourth-order valence-corrected chi connectivity index (χ4v) is 2.21. The number of carbonyl (C=O) groups excluding carboxylic acids is 1. The maximum absolute atomic E-state index is 12.2. The summed E-state index contributed by atoms with van der Waals surface area (Å²) in [5, 5.41) is 0.480.